The van der Waals surface area contributed by atoms with Gasteiger partial charge in [-0.15, -0.1) is 0 Å². The SMILES string of the molecule is COc1cc(C=CC(=O)N(Cc2ccc3c(c2)OCO3)C2CCCC2)cc2c1OCCO2. The Bertz CT molecular complexity index is 1010. The van der Waals surface area contributed by atoms with Crippen LogP contribution in [0.2, 0.25) is 0 Å². The highest BCUT2D eigenvalue weighted by molar-refractivity contribution is 5.92. The van der Waals surface area contributed by atoms with Gasteiger partial charge >= 0.3 is 0 Å². The first-order valence-corrected chi connectivity index (χ1v) is 11.1. The summed E-state index contributed by atoms with van der Waals surface area (Å²) in [7, 11) is 1.60. The number of ether oxygens (including phenoxy) is 5. The zero-order valence-corrected chi connectivity index (χ0v) is 18.2. The van der Waals surface area contributed by atoms with Crippen molar-refractivity contribution in [1.82, 2.24) is 4.90 Å². The molecule has 0 unspecified atom stereocenters. The smallest absolute Gasteiger partial charge is 0.247 e. The van der Waals surface area contributed by atoms with Gasteiger partial charge < -0.3 is 28.6 Å². The Morgan fingerprint density at radius 3 is 2.69 bits per heavy atom. The first kappa shape index (κ1) is 20.5. The van der Waals surface area contributed by atoms with Gasteiger partial charge in [-0.2, -0.15) is 0 Å². The van der Waals surface area contributed by atoms with Crippen LogP contribution in [0.5, 0.6) is 28.7 Å². The lowest BCUT2D eigenvalue weighted by molar-refractivity contribution is -0.128. The van der Waals surface area contributed by atoms with Gasteiger partial charge in [-0.05, 0) is 54.3 Å². The molecule has 0 spiro atoms. The predicted octanol–water partition coefficient (Wildman–Crippen LogP) is 4.18. The first-order valence-electron chi connectivity index (χ1n) is 11.1. The molecule has 0 bridgehead atoms. The maximum atomic E-state index is 13.3. The number of hydrogen-bond acceptors (Lipinski definition) is 6. The molecular formula is C25H27NO6. The van der Waals surface area contributed by atoms with Crippen molar-refractivity contribution in [3.63, 3.8) is 0 Å². The van der Waals surface area contributed by atoms with E-state index >= 15 is 0 Å². The first-order chi connectivity index (χ1) is 15.7. The van der Waals surface area contributed by atoms with E-state index in [9.17, 15) is 4.79 Å². The number of carbonyl (C=O) groups excluding carboxylic acids is 1. The van der Waals surface area contributed by atoms with Crippen LogP contribution in [-0.4, -0.2) is 44.0 Å². The highest BCUT2D eigenvalue weighted by Gasteiger charge is 2.26. The molecule has 0 N–H and O–H groups in total. The molecule has 1 amide bonds. The maximum Gasteiger partial charge on any atom is 0.247 e. The minimum Gasteiger partial charge on any atom is -0.493 e. The van der Waals surface area contributed by atoms with Crippen molar-refractivity contribution >= 4 is 12.0 Å². The van der Waals surface area contributed by atoms with Crippen molar-refractivity contribution in [1.29, 1.82) is 0 Å². The van der Waals surface area contributed by atoms with Gasteiger partial charge in [0.05, 0.1) is 7.11 Å². The van der Waals surface area contributed by atoms with Crippen molar-refractivity contribution in [2.45, 2.75) is 38.3 Å². The minimum absolute atomic E-state index is 0.0107. The topological polar surface area (TPSA) is 66.5 Å². The Morgan fingerprint density at radius 2 is 1.84 bits per heavy atom. The number of amides is 1. The molecule has 2 aromatic rings. The molecule has 7 heteroatoms. The molecular weight excluding hydrogens is 410 g/mol. The predicted molar refractivity (Wildman–Crippen MR) is 118 cm³/mol. The van der Waals surface area contributed by atoms with Gasteiger partial charge in [0, 0.05) is 18.7 Å². The normalized spacial score (nSPS) is 17.0. The molecule has 1 aliphatic carbocycles. The molecule has 7 nitrogen and oxygen atoms in total. The van der Waals surface area contributed by atoms with E-state index in [1.54, 1.807) is 13.2 Å². The third kappa shape index (κ3) is 4.20. The summed E-state index contributed by atoms with van der Waals surface area (Å²) in [5, 5.41) is 0. The Labute approximate surface area is 187 Å². The second kappa shape index (κ2) is 9.02. The summed E-state index contributed by atoms with van der Waals surface area (Å²) in [4.78, 5) is 15.2. The highest BCUT2D eigenvalue weighted by atomic mass is 16.7. The van der Waals surface area contributed by atoms with Crippen molar-refractivity contribution in [2.24, 2.45) is 0 Å². The summed E-state index contributed by atoms with van der Waals surface area (Å²) in [6.45, 7) is 1.77. The Balaban J connectivity index is 1.36. The van der Waals surface area contributed by atoms with E-state index in [2.05, 4.69) is 0 Å². The third-order valence-corrected chi connectivity index (χ3v) is 6.11. The standard InChI is InChI=1S/C25H27NO6/c1-28-22-12-17(13-23-25(22)30-11-10-29-23)7-9-24(27)26(19-4-2-3-5-19)15-18-6-8-20-21(14-18)32-16-31-20/h6-9,12-14,19H,2-5,10-11,15-16H2,1H3. The zero-order chi connectivity index (χ0) is 21.9. The second-order valence-electron chi connectivity index (χ2n) is 8.17. The van der Waals surface area contributed by atoms with Crippen molar-refractivity contribution < 1.29 is 28.5 Å². The van der Waals surface area contributed by atoms with Gasteiger partial charge in [0.2, 0.25) is 18.4 Å². The van der Waals surface area contributed by atoms with Gasteiger partial charge in [0.15, 0.2) is 23.0 Å². The van der Waals surface area contributed by atoms with Crippen molar-refractivity contribution in [3.8, 4) is 28.7 Å². The Hall–Kier alpha value is -3.35. The molecule has 32 heavy (non-hydrogen) atoms. The molecule has 0 radical (unpaired) electrons. The van der Waals surface area contributed by atoms with E-state index in [0.29, 0.717) is 37.0 Å². The van der Waals surface area contributed by atoms with E-state index in [1.807, 2.05) is 41.3 Å². The molecule has 168 valence electrons. The summed E-state index contributed by atoms with van der Waals surface area (Å²) >= 11 is 0. The highest BCUT2D eigenvalue weighted by Crippen LogP contribution is 2.40. The van der Waals surface area contributed by atoms with E-state index < -0.39 is 0 Å². The van der Waals surface area contributed by atoms with Gasteiger partial charge in [0.25, 0.3) is 0 Å². The number of fused-ring (bicyclic) bond motifs is 2. The van der Waals surface area contributed by atoms with Crippen LogP contribution in [0, 0.1) is 0 Å². The number of benzene rings is 2. The fourth-order valence-electron chi connectivity index (χ4n) is 4.49. The molecule has 5 rings (SSSR count). The van der Waals surface area contributed by atoms with Crippen molar-refractivity contribution in [2.75, 3.05) is 27.1 Å². The summed E-state index contributed by atoms with van der Waals surface area (Å²) < 4.78 is 27.7. The summed E-state index contributed by atoms with van der Waals surface area (Å²) in [6, 6.07) is 9.85. The summed E-state index contributed by atoms with van der Waals surface area (Å²) in [5.41, 5.74) is 1.86. The number of carbonyl (C=O) groups is 1. The molecule has 2 heterocycles. The van der Waals surface area contributed by atoms with Gasteiger partial charge in [0.1, 0.15) is 13.2 Å². The van der Waals surface area contributed by atoms with Gasteiger partial charge in [-0.25, -0.2) is 0 Å². The quantitative estimate of drug-likeness (QED) is 0.632. The number of methoxy groups -OCH3 is 1. The zero-order valence-electron chi connectivity index (χ0n) is 18.2. The fourth-order valence-corrected chi connectivity index (χ4v) is 4.49. The molecule has 0 atom stereocenters. The van der Waals surface area contributed by atoms with E-state index in [4.69, 9.17) is 23.7 Å². The van der Waals surface area contributed by atoms with Crippen LogP contribution in [0.25, 0.3) is 6.08 Å². The molecule has 3 aliphatic rings. The maximum absolute atomic E-state index is 13.3. The summed E-state index contributed by atoms with van der Waals surface area (Å²) in [5.74, 6) is 3.32. The Morgan fingerprint density at radius 1 is 1.03 bits per heavy atom. The molecule has 2 aromatic carbocycles. The fraction of sp³-hybridized carbons (Fsp3) is 0.400. The minimum atomic E-state index is -0.0107. The number of rotatable bonds is 6. The lowest BCUT2D eigenvalue weighted by Crippen LogP contribution is -2.37. The van der Waals surface area contributed by atoms with Crippen LogP contribution in [0.4, 0.5) is 0 Å². The number of hydrogen-bond donors (Lipinski definition) is 0. The van der Waals surface area contributed by atoms with Gasteiger partial charge in [-0.1, -0.05) is 18.9 Å². The molecule has 1 saturated carbocycles. The third-order valence-electron chi connectivity index (χ3n) is 6.11. The van der Waals surface area contributed by atoms with E-state index in [-0.39, 0.29) is 18.7 Å². The van der Waals surface area contributed by atoms with Crippen LogP contribution < -0.4 is 23.7 Å². The largest absolute Gasteiger partial charge is 0.493 e. The summed E-state index contributed by atoms with van der Waals surface area (Å²) in [6.07, 6.45) is 7.81. The lowest BCUT2D eigenvalue weighted by Gasteiger charge is -2.28. The lowest BCUT2D eigenvalue weighted by atomic mass is 10.1. The molecule has 2 aliphatic heterocycles. The monoisotopic (exact) mass is 437 g/mol. The molecule has 0 saturated heterocycles. The second-order valence-corrected chi connectivity index (χ2v) is 8.17. The van der Waals surface area contributed by atoms with Crippen LogP contribution in [0.3, 0.4) is 0 Å². The van der Waals surface area contributed by atoms with E-state index in [0.717, 1.165) is 48.3 Å². The van der Waals surface area contributed by atoms with Crippen LogP contribution in [-0.2, 0) is 11.3 Å². The molecule has 0 aromatic heterocycles. The molecule has 1 fully saturated rings. The van der Waals surface area contributed by atoms with Gasteiger partial charge in [-0.3, -0.25) is 4.79 Å². The number of nitrogens with zero attached hydrogens (tertiary/aromatic N) is 1. The van der Waals surface area contributed by atoms with Crippen LogP contribution >= 0.6 is 0 Å². The average Bonchev–Trinajstić information content (AvgIpc) is 3.52. The van der Waals surface area contributed by atoms with Crippen LogP contribution in [0.1, 0.15) is 36.8 Å². The van der Waals surface area contributed by atoms with Crippen LogP contribution in [0.15, 0.2) is 36.4 Å². The Kier molecular flexibility index (Phi) is 5.79. The van der Waals surface area contributed by atoms with E-state index in [1.165, 1.54) is 0 Å². The van der Waals surface area contributed by atoms with Crippen molar-refractivity contribution in [3.05, 3.63) is 47.5 Å². The average molecular weight is 437 g/mol.